The molecule has 46 valence electrons. The van der Waals surface area contributed by atoms with E-state index >= 15 is 0 Å². The molecule has 8 heavy (non-hydrogen) atoms. The second-order valence-corrected chi connectivity index (χ2v) is 2.94. The van der Waals surface area contributed by atoms with Gasteiger partial charge in [-0.05, 0) is 18.8 Å². The molecule has 2 nitrogen and oxygen atoms in total. The van der Waals surface area contributed by atoms with Crippen LogP contribution in [-0.2, 0) is 0 Å². The van der Waals surface area contributed by atoms with Crippen LogP contribution < -0.4 is 11.1 Å². The summed E-state index contributed by atoms with van der Waals surface area (Å²) in [6, 6.07) is 1.52. The molecule has 0 aromatic carbocycles. The Kier molecular flexibility index (Phi) is 0.866. The topological polar surface area (TPSA) is 38.0 Å². The average molecular weight is 112 g/mol. The molecule has 1 saturated carbocycles. The van der Waals surface area contributed by atoms with E-state index in [2.05, 4.69) is 5.32 Å². The maximum absolute atomic E-state index is 5.45. The minimum atomic E-state index is 0.652. The molecule has 2 heteroatoms. The summed E-state index contributed by atoms with van der Waals surface area (Å²) in [5.74, 6) is 1.00. The lowest BCUT2D eigenvalue weighted by molar-refractivity contribution is 0.549. The van der Waals surface area contributed by atoms with Crippen LogP contribution in [0.15, 0.2) is 0 Å². The molecule has 0 radical (unpaired) electrons. The van der Waals surface area contributed by atoms with Gasteiger partial charge in [0.1, 0.15) is 0 Å². The molecule has 0 bridgehead atoms. The van der Waals surface area contributed by atoms with Crippen molar-refractivity contribution < 1.29 is 0 Å². The van der Waals surface area contributed by atoms with Crippen molar-refractivity contribution in [2.45, 2.75) is 24.9 Å². The Morgan fingerprint density at radius 2 is 2.38 bits per heavy atom. The Morgan fingerprint density at radius 3 is 2.75 bits per heavy atom. The van der Waals surface area contributed by atoms with E-state index in [-0.39, 0.29) is 0 Å². The van der Waals surface area contributed by atoms with Gasteiger partial charge < -0.3 is 11.1 Å². The highest BCUT2D eigenvalue weighted by molar-refractivity contribution is 5.03. The number of piperidine rings is 1. The van der Waals surface area contributed by atoms with Crippen molar-refractivity contribution >= 4 is 0 Å². The molecular formula is C6H12N2. The van der Waals surface area contributed by atoms with Crippen LogP contribution in [-0.4, -0.2) is 18.6 Å². The molecule has 3 N–H and O–H groups in total. The highest BCUT2D eigenvalue weighted by Gasteiger charge is 2.44. The van der Waals surface area contributed by atoms with Crippen LogP contribution in [0.25, 0.3) is 0 Å². The summed E-state index contributed by atoms with van der Waals surface area (Å²) in [6.07, 6.45) is 2.75. The first-order valence-electron chi connectivity index (χ1n) is 3.36. The zero-order valence-corrected chi connectivity index (χ0v) is 4.93. The zero-order chi connectivity index (χ0) is 5.56. The number of hydrogen-bond acceptors (Lipinski definition) is 2. The second kappa shape index (κ2) is 1.45. The van der Waals surface area contributed by atoms with Gasteiger partial charge in [0.15, 0.2) is 0 Å². The lowest BCUT2D eigenvalue weighted by atomic mass is 10.2. The molecule has 0 spiro atoms. The maximum Gasteiger partial charge on any atom is 0.0196 e. The van der Waals surface area contributed by atoms with E-state index in [9.17, 15) is 0 Å². The van der Waals surface area contributed by atoms with Gasteiger partial charge in [-0.15, -0.1) is 0 Å². The largest absolute Gasteiger partial charge is 0.329 e. The number of fused-ring (bicyclic) bond motifs is 1. The Morgan fingerprint density at radius 1 is 1.50 bits per heavy atom. The van der Waals surface area contributed by atoms with Gasteiger partial charge in [0.2, 0.25) is 0 Å². The van der Waals surface area contributed by atoms with Crippen molar-refractivity contribution in [1.82, 2.24) is 5.32 Å². The average Bonchev–Trinajstić information content (AvgIpc) is 2.40. The predicted octanol–water partition coefficient (Wildman–Crippen LogP) is -0.305. The van der Waals surface area contributed by atoms with Gasteiger partial charge in [-0.1, -0.05) is 0 Å². The quantitative estimate of drug-likeness (QED) is 0.488. The van der Waals surface area contributed by atoms with Crippen LogP contribution >= 0.6 is 0 Å². The summed E-state index contributed by atoms with van der Waals surface area (Å²) < 4.78 is 0. The lowest BCUT2D eigenvalue weighted by Crippen LogP contribution is -2.32. The molecule has 0 aromatic rings. The predicted molar refractivity (Wildman–Crippen MR) is 32.5 cm³/mol. The third-order valence-corrected chi connectivity index (χ3v) is 2.24. The highest BCUT2D eigenvalue weighted by Crippen LogP contribution is 2.40. The molecular weight excluding hydrogens is 100 g/mol. The first-order valence-corrected chi connectivity index (χ1v) is 3.36. The summed E-state index contributed by atoms with van der Waals surface area (Å²) in [5.41, 5.74) is 5.45. The number of nitrogens with one attached hydrogen (secondary N) is 1. The fourth-order valence-electron chi connectivity index (χ4n) is 1.61. The van der Waals surface area contributed by atoms with Crippen LogP contribution in [0, 0.1) is 5.92 Å². The van der Waals surface area contributed by atoms with Crippen LogP contribution in [0.1, 0.15) is 12.8 Å². The van der Waals surface area contributed by atoms with E-state index in [4.69, 9.17) is 5.73 Å². The molecule has 0 amide bonds. The fourth-order valence-corrected chi connectivity index (χ4v) is 1.61. The highest BCUT2D eigenvalue weighted by atomic mass is 15.1. The maximum atomic E-state index is 5.45. The Labute approximate surface area is 49.4 Å². The smallest absolute Gasteiger partial charge is 0.0196 e. The van der Waals surface area contributed by atoms with Gasteiger partial charge in [-0.25, -0.2) is 0 Å². The van der Waals surface area contributed by atoms with E-state index in [1.54, 1.807) is 0 Å². The van der Waals surface area contributed by atoms with Gasteiger partial charge >= 0.3 is 0 Å². The Bertz CT molecular complexity index is 92.7. The second-order valence-electron chi connectivity index (χ2n) is 2.94. The summed E-state index contributed by atoms with van der Waals surface area (Å²) >= 11 is 0. The van der Waals surface area contributed by atoms with Crippen molar-refractivity contribution in [1.29, 1.82) is 0 Å². The molecule has 2 fully saturated rings. The van der Waals surface area contributed by atoms with E-state index in [1.165, 1.54) is 12.8 Å². The van der Waals surface area contributed by atoms with E-state index < -0.39 is 0 Å². The van der Waals surface area contributed by atoms with Crippen LogP contribution in [0.4, 0.5) is 0 Å². The SMILES string of the molecule is NC[C@@H]1C[C@@H]2CC2N1. The molecule has 1 heterocycles. The lowest BCUT2D eigenvalue weighted by Gasteiger charge is -2.07. The van der Waals surface area contributed by atoms with Gasteiger partial charge in [0, 0.05) is 18.6 Å². The monoisotopic (exact) mass is 112 g/mol. The van der Waals surface area contributed by atoms with Crippen molar-refractivity contribution in [3.63, 3.8) is 0 Å². The molecule has 3 atom stereocenters. The number of rotatable bonds is 1. The van der Waals surface area contributed by atoms with Crippen molar-refractivity contribution in [2.24, 2.45) is 11.7 Å². The first-order chi connectivity index (χ1) is 3.90. The van der Waals surface area contributed by atoms with Gasteiger partial charge in [-0.2, -0.15) is 0 Å². The molecule has 1 saturated heterocycles. The van der Waals surface area contributed by atoms with E-state index in [1.807, 2.05) is 0 Å². The molecule has 2 rings (SSSR count). The van der Waals surface area contributed by atoms with Crippen LogP contribution in [0.5, 0.6) is 0 Å². The summed E-state index contributed by atoms with van der Waals surface area (Å²) in [5, 5.41) is 3.45. The summed E-state index contributed by atoms with van der Waals surface area (Å²) in [4.78, 5) is 0. The third-order valence-electron chi connectivity index (χ3n) is 2.24. The van der Waals surface area contributed by atoms with Crippen LogP contribution in [0.3, 0.4) is 0 Å². The minimum Gasteiger partial charge on any atom is -0.329 e. The standard InChI is InChI=1S/C6H12N2/c7-3-5-1-4-2-6(4)8-5/h4-6,8H,1-3,7H2/t4-,5+,6?/m1/s1. The number of hydrogen-bond donors (Lipinski definition) is 2. The Hall–Kier alpha value is -0.0800. The van der Waals surface area contributed by atoms with Crippen molar-refractivity contribution in [3.05, 3.63) is 0 Å². The summed E-state index contributed by atoms with van der Waals surface area (Å²) in [7, 11) is 0. The number of nitrogens with two attached hydrogens (primary N) is 1. The first kappa shape index (κ1) is 4.77. The molecule has 0 aromatic heterocycles. The van der Waals surface area contributed by atoms with Crippen molar-refractivity contribution in [3.8, 4) is 0 Å². The van der Waals surface area contributed by atoms with E-state index in [0.717, 1.165) is 18.5 Å². The third kappa shape index (κ3) is 0.565. The Balaban J connectivity index is 1.89. The normalized spacial score (nSPS) is 51.4. The van der Waals surface area contributed by atoms with Crippen LogP contribution in [0.2, 0.25) is 0 Å². The molecule has 1 aliphatic carbocycles. The van der Waals surface area contributed by atoms with Gasteiger partial charge in [-0.3, -0.25) is 0 Å². The van der Waals surface area contributed by atoms with Gasteiger partial charge in [0.25, 0.3) is 0 Å². The van der Waals surface area contributed by atoms with Gasteiger partial charge in [0.05, 0.1) is 0 Å². The zero-order valence-electron chi connectivity index (χ0n) is 4.93. The molecule has 1 aliphatic heterocycles. The summed E-state index contributed by atoms with van der Waals surface area (Å²) in [6.45, 7) is 0.826. The molecule has 1 unspecified atom stereocenters. The van der Waals surface area contributed by atoms with E-state index in [0.29, 0.717) is 6.04 Å². The molecule has 2 aliphatic rings. The minimum absolute atomic E-state index is 0.652. The fraction of sp³-hybridized carbons (Fsp3) is 1.00. The van der Waals surface area contributed by atoms with Crippen molar-refractivity contribution in [2.75, 3.05) is 6.54 Å².